The number of ether oxygens (including phenoxy) is 1. The molecular formula is C13H9ClN2O3S. The third-order valence-corrected chi connectivity index (χ3v) is 3.72. The Hall–Kier alpha value is -1.92. The van der Waals surface area contributed by atoms with Gasteiger partial charge in [-0.1, -0.05) is 11.3 Å². The first-order valence-electron chi connectivity index (χ1n) is 5.77. The van der Waals surface area contributed by atoms with E-state index in [1.165, 1.54) is 17.4 Å². The van der Waals surface area contributed by atoms with Gasteiger partial charge in [-0.3, -0.25) is 0 Å². The van der Waals surface area contributed by atoms with E-state index in [-0.39, 0.29) is 12.2 Å². The van der Waals surface area contributed by atoms with Gasteiger partial charge >= 0.3 is 5.63 Å². The first kappa shape index (κ1) is 13.1. The fourth-order valence-electron chi connectivity index (χ4n) is 1.83. The summed E-state index contributed by atoms with van der Waals surface area (Å²) in [5, 5.41) is 9.12. The van der Waals surface area contributed by atoms with Crippen LogP contribution in [0.5, 0.6) is 5.75 Å². The minimum atomic E-state index is -0.372. The number of aromatic nitrogens is 2. The van der Waals surface area contributed by atoms with Crippen LogP contribution in [0.25, 0.3) is 11.0 Å². The maximum atomic E-state index is 11.4. The Morgan fingerprint density at radius 3 is 2.95 bits per heavy atom. The SMILES string of the molecule is Cc1cc(=O)oc2cc(OCc3nnc(Cl)s3)ccc12. The molecule has 0 spiro atoms. The standard InChI is InChI=1S/C13H9ClN2O3S/c1-7-4-12(17)19-10-5-8(2-3-9(7)10)18-6-11-15-16-13(14)20-11/h2-5H,6H2,1H3. The lowest BCUT2D eigenvalue weighted by atomic mass is 10.1. The monoisotopic (exact) mass is 308 g/mol. The van der Waals surface area contributed by atoms with Crippen LogP contribution in [0.15, 0.2) is 33.5 Å². The average molecular weight is 309 g/mol. The van der Waals surface area contributed by atoms with E-state index in [1.54, 1.807) is 6.07 Å². The number of benzene rings is 1. The van der Waals surface area contributed by atoms with Crippen molar-refractivity contribution in [3.8, 4) is 5.75 Å². The molecule has 0 fully saturated rings. The van der Waals surface area contributed by atoms with E-state index in [0.717, 1.165) is 10.9 Å². The Labute approximate surface area is 122 Å². The van der Waals surface area contributed by atoms with Crippen molar-refractivity contribution >= 4 is 33.9 Å². The van der Waals surface area contributed by atoms with Crippen LogP contribution in [0.4, 0.5) is 0 Å². The van der Waals surface area contributed by atoms with Gasteiger partial charge in [-0.2, -0.15) is 0 Å². The normalized spacial score (nSPS) is 10.9. The largest absolute Gasteiger partial charge is 0.486 e. The van der Waals surface area contributed by atoms with Gasteiger partial charge < -0.3 is 9.15 Å². The molecule has 0 unspecified atom stereocenters. The Morgan fingerprint density at radius 1 is 1.35 bits per heavy atom. The molecule has 0 bridgehead atoms. The summed E-state index contributed by atoms with van der Waals surface area (Å²) in [4.78, 5) is 11.4. The Balaban J connectivity index is 1.87. The van der Waals surface area contributed by atoms with Crippen molar-refractivity contribution in [2.24, 2.45) is 0 Å². The van der Waals surface area contributed by atoms with Crippen LogP contribution in [-0.2, 0) is 6.61 Å². The summed E-state index contributed by atoms with van der Waals surface area (Å²) in [5.74, 6) is 0.595. The molecule has 0 aliphatic carbocycles. The molecule has 1 aromatic carbocycles. The summed E-state index contributed by atoms with van der Waals surface area (Å²) in [6, 6.07) is 6.83. The topological polar surface area (TPSA) is 65.2 Å². The number of fused-ring (bicyclic) bond motifs is 1. The third-order valence-electron chi connectivity index (χ3n) is 2.73. The van der Waals surface area contributed by atoms with Crippen LogP contribution in [0, 0.1) is 6.92 Å². The second-order valence-electron chi connectivity index (χ2n) is 4.14. The maximum Gasteiger partial charge on any atom is 0.336 e. The van der Waals surface area contributed by atoms with Crippen molar-refractivity contribution in [3.63, 3.8) is 0 Å². The summed E-state index contributed by atoms with van der Waals surface area (Å²) in [6.07, 6.45) is 0. The predicted octanol–water partition coefficient (Wildman–Crippen LogP) is 3.19. The summed E-state index contributed by atoms with van der Waals surface area (Å²) < 4.78 is 11.1. The van der Waals surface area contributed by atoms with Gasteiger partial charge in [0.05, 0.1) is 0 Å². The average Bonchev–Trinajstić information content (AvgIpc) is 2.81. The fraction of sp³-hybridized carbons (Fsp3) is 0.154. The number of hydrogen-bond donors (Lipinski definition) is 0. The van der Waals surface area contributed by atoms with Crippen molar-refractivity contribution in [2.75, 3.05) is 0 Å². The zero-order chi connectivity index (χ0) is 14.1. The lowest BCUT2D eigenvalue weighted by Gasteiger charge is -2.05. The molecule has 3 rings (SSSR count). The van der Waals surface area contributed by atoms with Crippen molar-refractivity contribution in [2.45, 2.75) is 13.5 Å². The van der Waals surface area contributed by atoms with E-state index in [2.05, 4.69) is 10.2 Å². The van der Waals surface area contributed by atoms with E-state index in [4.69, 9.17) is 20.8 Å². The second kappa shape index (κ2) is 5.22. The highest BCUT2D eigenvalue weighted by atomic mass is 35.5. The molecule has 102 valence electrons. The molecule has 3 aromatic rings. The number of aryl methyl sites for hydroxylation is 1. The number of rotatable bonds is 3. The highest BCUT2D eigenvalue weighted by molar-refractivity contribution is 7.15. The van der Waals surface area contributed by atoms with E-state index < -0.39 is 0 Å². The third kappa shape index (κ3) is 2.66. The van der Waals surface area contributed by atoms with Gasteiger partial charge in [0.1, 0.15) is 17.9 Å². The highest BCUT2D eigenvalue weighted by Crippen LogP contribution is 2.23. The minimum Gasteiger partial charge on any atom is -0.486 e. The first-order chi connectivity index (χ1) is 9.61. The smallest absolute Gasteiger partial charge is 0.336 e. The summed E-state index contributed by atoms with van der Waals surface area (Å²) in [6.45, 7) is 2.13. The summed E-state index contributed by atoms with van der Waals surface area (Å²) in [7, 11) is 0. The molecule has 20 heavy (non-hydrogen) atoms. The summed E-state index contributed by atoms with van der Waals surface area (Å²) in [5.41, 5.74) is 1.00. The van der Waals surface area contributed by atoms with Crippen LogP contribution in [0.3, 0.4) is 0 Å². The highest BCUT2D eigenvalue weighted by Gasteiger charge is 2.06. The van der Waals surface area contributed by atoms with Crippen LogP contribution in [-0.4, -0.2) is 10.2 Å². The van der Waals surface area contributed by atoms with E-state index in [1.807, 2.05) is 19.1 Å². The van der Waals surface area contributed by atoms with Gasteiger partial charge in [-0.25, -0.2) is 4.79 Å². The molecule has 5 nitrogen and oxygen atoms in total. The summed E-state index contributed by atoms with van der Waals surface area (Å²) >= 11 is 6.96. The number of nitrogens with zero attached hydrogens (tertiary/aromatic N) is 2. The quantitative estimate of drug-likeness (QED) is 0.695. The molecule has 2 aromatic heterocycles. The molecule has 0 saturated heterocycles. The fourth-order valence-corrected chi connectivity index (χ4v) is 2.61. The maximum absolute atomic E-state index is 11.4. The molecule has 0 saturated carbocycles. The molecule has 0 atom stereocenters. The van der Waals surface area contributed by atoms with E-state index in [9.17, 15) is 4.79 Å². The van der Waals surface area contributed by atoms with Crippen molar-refractivity contribution < 1.29 is 9.15 Å². The van der Waals surface area contributed by atoms with Crippen LogP contribution in [0.1, 0.15) is 10.6 Å². The zero-order valence-electron chi connectivity index (χ0n) is 10.4. The molecule has 7 heteroatoms. The Kier molecular flexibility index (Phi) is 3.42. The predicted molar refractivity (Wildman–Crippen MR) is 76.5 cm³/mol. The van der Waals surface area contributed by atoms with Gasteiger partial charge in [-0.15, -0.1) is 10.2 Å². The first-order valence-corrected chi connectivity index (χ1v) is 6.96. The molecule has 0 N–H and O–H groups in total. The lowest BCUT2D eigenvalue weighted by Crippen LogP contribution is -1.99. The molecule has 0 aliphatic rings. The van der Waals surface area contributed by atoms with Crippen molar-refractivity contribution in [1.29, 1.82) is 0 Å². The van der Waals surface area contributed by atoms with Crippen molar-refractivity contribution in [3.05, 3.63) is 49.7 Å². The Morgan fingerprint density at radius 2 is 2.20 bits per heavy atom. The molecule has 0 aliphatic heterocycles. The number of halogens is 1. The second-order valence-corrected chi connectivity index (χ2v) is 5.79. The van der Waals surface area contributed by atoms with Crippen LogP contribution in [0.2, 0.25) is 4.47 Å². The van der Waals surface area contributed by atoms with Gasteiger partial charge in [-0.05, 0) is 36.2 Å². The van der Waals surface area contributed by atoms with E-state index >= 15 is 0 Å². The van der Waals surface area contributed by atoms with Crippen molar-refractivity contribution in [1.82, 2.24) is 10.2 Å². The lowest BCUT2D eigenvalue weighted by molar-refractivity contribution is 0.304. The zero-order valence-corrected chi connectivity index (χ0v) is 12.0. The molecule has 0 radical (unpaired) electrons. The Bertz CT molecular complexity index is 828. The molecular weight excluding hydrogens is 300 g/mol. The number of hydrogen-bond acceptors (Lipinski definition) is 6. The molecule has 0 amide bonds. The molecule has 2 heterocycles. The minimum absolute atomic E-state index is 0.270. The van der Waals surface area contributed by atoms with Gasteiger partial charge in [0.25, 0.3) is 0 Å². The van der Waals surface area contributed by atoms with Gasteiger partial charge in [0, 0.05) is 17.5 Å². The van der Waals surface area contributed by atoms with Gasteiger partial charge in [0.15, 0.2) is 5.01 Å². The van der Waals surface area contributed by atoms with Gasteiger partial charge in [0.2, 0.25) is 4.47 Å². The van der Waals surface area contributed by atoms with Crippen LogP contribution >= 0.6 is 22.9 Å². The van der Waals surface area contributed by atoms with E-state index in [0.29, 0.717) is 20.8 Å². The van der Waals surface area contributed by atoms with Crippen LogP contribution < -0.4 is 10.4 Å².